The molecular formula is C27H31N3O2. The number of amides is 1. The fraction of sp³-hybridized carbons (Fsp3) is 0.370. The smallest absolute Gasteiger partial charge is 0.255 e. The number of allylic oxidation sites excluding steroid dienone is 3. The Bertz CT molecular complexity index is 1160. The van der Waals surface area contributed by atoms with Crippen LogP contribution in [0.5, 0.6) is 0 Å². The highest BCUT2D eigenvalue weighted by Crippen LogP contribution is 2.47. The van der Waals surface area contributed by atoms with Crippen LogP contribution >= 0.6 is 0 Å². The van der Waals surface area contributed by atoms with Crippen LogP contribution in [0.4, 0.5) is 5.82 Å². The largest absolute Gasteiger partial charge is 0.362 e. The average Bonchev–Trinajstić information content (AvgIpc) is 2.71. The molecule has 4 rings (SSSR count). The lowest BCUT2D eigenvalue weighted by molar-refractivity contribution is -0.118. The first-order valence-electron chi connectivity index (χ1n) is 11.3. The number of aryl methyl sites for hydroxylation is 2. The van der Waals surface area contributed by atoms with Crippen LogP contribution in [-0.2, 0) is 16.0 Å². The van der Waals surface area contributed by atoms with Gasteiger partial charge in [-0.1, -0.05) is 45.0 Å². The van der Waals surface area contributed by atoms with Gasteiger partial charge in [-0.05, 0) is 60.9 Å². The zero-order valence-corrected chi connectivity index (χ0v) is 19.5. The first-order chi connectivity index (χ1) is 15.2. The summed E-state index contributed by atoms with van der Waals surface area (Å²) in [6.45, 7) is 10.2. The molecule has 1 atom stereocenters. The third-order valence-corrected chi connectivity index (χ3v) is 6.39. The van der Waals surface area contributed by atoms with Crippen molar-refractivity contribution in [1.82, 2.24) is 10.3 Å². The lowest BCUT2D eigenvalue weighted by Gasteiger charge is -2.40. The van der Waals surface area contributed by atoms with E-state index in [1.165, 1.54) is 0 Å². The zero-order valence-electron chi connectivity index (χ0n) is 19.5. The number of Topliss-reactive ketones (excluding diaryl/α,β-unsaturated/α-hetero) is 1. The van der Waals surface area contributed by atoms with Crippen molar-refractivity contribution >= 4 is 17.5 Å². The third kappa shape index (κ3) is 4.12. The maximum atomic E-state index is 13.6. The fourth-order valence-corrected chi connectivity index (χ4v) is 4.97. The highest BCUT2D eigenvalue weighted by Gasteiger charge is 2.43. The van der Waals surface area contributed by atoms with Gasteiger partial charge in [0.15, 0.2) is 5.78 Å². The maximum Gasteiger partial charge on any atom is 0.255 e. The van der Waals surface area contributed by atoms with Crippen molar-refractivity contribution in [2.24, 2.45) is 5.41 Å². The summed E-state index contributed by atoms with van der Waals surface area (Å²) in [4.78, 5) is 31.3. The molecule has 166 valence electrons. The standard InChI is InChI=1S/C27H31N3O2/c1-6-18-9-7-8-10-19(18)24-23(26(32)30-22-13-16(2)11-12-28-22)17(3)29-20-14-27(4,5)15-21(31)25(20)24/h7-13,24,29H,6,14-15H2,1-5H3,(H,28,30,32). The van der Waals surface area contributed by atoms with Crippen molar-refractivity contribution < 1.29 is 9.59 Å². The summed E-state index contributed by atoms with van der Waals surface area (Å²) in [5.41, 5.74) is 6.14. The Hall–Kier alpha value is -3.21. The van der Waals surface area contributed by atoms with E-state index in [0.717, 1.165) is 46.5 Å². The van der Waals surface area contributed by atoms with Gasteiger partial charge < -0.3 is 10.6 Å². The van der Waals surface area contributed by atoms with Crippen LogP contribution in [0.3, 0.4) is 0 Å². The van der Waals surface area contributed by atoms with Crippen molar-refractivity contribution in [2.45, 2.75) is 59.8 Å². The molecule has 0 bridgehead atoms. The van der Waals surface area contributed by atoms with E-state index in [4.69, 9.17) is 0 Å². The molecule has 0 fully saturated rings. The predicted molar refractivity (Wildman–Crippen MR) is 127 cm³/mol. The van der Waals surface area contributed by atoms with E-state index < -0.39 is 5.92 Å². The molecule has 1 aromatic carbocycles. The second-order valence-electron chi connectivity index (χ2n) is 9.65. The summed E-state index contributed by atoms with van der Waals surface area (Å²) in [7, 11) is 0. The molecule has 1 unspecified atom stereocenters. The van der Waals surface area contributed by atoms with Gasteiger partial charge in [0.1, 0.15) is 5.82 Å². The van der Waals surface area contributed by atoms with E-state index in [1.807, 2.05) is 38.1 Å². The van der Waals surface area contributed by atoms with E-state index in [-0.39, 0.29) is 17.1 Å². The second-order valence-corrected chi connectivity index (χ2v) is 9.65. The number of pyridine rings is 1. The third-order valence-electron chi connectivity index (χ3n) is 6.39. The second kappa shape index (κ2) is 8.38. The molecule has 2 N–H and O–H groups in total. The Morgan fingerprint density at radius 3 is 2.66 bits per heavy atom. The Kier molecular flexibility index (Phi) is 5.76. The van der Waals surface area contributed by atoms with Crippen LogP contribution in [0.15, 0.2) is 65.1 Å². The number of hydrogen-bond donors (Lipinski definition) is 2. The average molecular weight is 430 g/mol. The number of carbonyl (C=O) groups is 2. The number of hydrogen-bond acceptors (Lipinski definition) is 4. The quantitative estimate of drug-likeness (QED) is 0.701. The molecule has 1 aromatic heterocycles. The molecule has 5 nitrogen and oxygen atoms in total. The molecule has 2 heterocycles. The van der Waals surface area contributed by atoms with E-state index in [2.05, 4.69) is 48.5 Å². The first-order valence-corrected chi connectivity index (χ1v) is 11.3. The SMILES string of the molecule is CCc1ccccc1C1C(C(=O)Nc2cc(C)ccn2)=C(C)NC2=C1C(=O)CC(C)(C)C2. The van der Waals surface area contributed by atoms with Crippen LogP contribution in [0, 0.1) is 12.3 Å². The summed E-state index contributed by atoms with van der Waals surface area (Å²) < 4.78 is 0. The topological polar surface area (TPSA) is 71.1 Å². The molecule has 1 amide bonds. The zero-order chi connectivity index (χ0) is 23.0. The van der Waals surface area contributed by atoms with Crippen LogP contribution in [-0.4, -0.2) is 16.7 Å². The van der Waals surface area contributed by atoms with E-state index in [9.17, 15) is 9.59 Å². The molecule has 1 aliphatic heterocycles. The van der Waals surface area contributed by atoms with E-state index in [0.29, 0.717) is 17.8 Å². The first kappa shape index (κ1) is 22.0. The van der Waals surface area contributed by atoms with Crippen LogP contribution in [0.2, 0.25) is 0 Å². The minimum atomic E-state index is -0.393. The Labute approximate surface area is 190 Å². The van der Waals surface area contributed by atoms with Crippen molar-refractivity contribution in [3.63, 3.8) is 0 Å². The Morgan fingerprint density at radius 1 is 1.19 bits per heavy atom. The summed E-state index contributed by atoms with van der Waals surface area (Å²) >= 11 is 0. The van der Waals surface area contributed by atoms with Crippen LogP contribution < -0.4 is 10.6 Å². The summed E-state index contributed by atoms with van der Waals surface area (Å²) in [6, 6.07) is 11.9. The minimum Gasteiger partial charge on any atom is -0.362 e. The van der Waals surface area contributed by atoms with Gasteiger partial charge in [0.05, 0.1) is 0 Å². The number of ketones is 1. The molecular weight excluding hydrogens is 398 g/mol. The lowest BCUT2D eigenvalue weighted by Crippen LogP contribution is -2.39. The maximum absolute atomic E-state index is 13.6. The number of aromatic nitrogens is 1. The molecule has 0 saturated heterocycles. The monoisotopic (exact) mass is 429 g/mol. The number of carbonyl (C=O) groups excluding carboxylic acids is 2. The number of rotatable bonds is 4. The van der Waals surface area contributed by atoms with Gasteiger partial charge in [-0.2, -0.15) is 0 Å². The number of dihydropyridines is 1. The van der Waals surface area contributed by atoms with Gasteiger partial charge in [-0.15, -0.1) is 0 Å². The lowest BCUT2D eigenvalue weighted by atomic mass is 9.68. The Morgan fingerprint density at radius 2 is 1.94 bits per heavy atom. The van der Waals surface area contributed by atoms with Crippen molar-refractivity contribution in [2.75, 3.05) is 5.32 Å². The summed E-state index contributed by atoms with van der Waals surface area (Å²) in [6.07, 6.45) is 3.77. The van der Waals surface area contributed by atoms with E-state index >= 15 is 0 Å². The van der Waals surface area contributed by atoms with Gasteiger partial charge in [0.25, 0.3) is 5.91 Å². The van der Waals surface area contributed by atoms with Gasteiger partial charge >= 0.3 is 0 Å². The molecule has 5 heteroatoms. The summed E-state index contributed by atoms with van der Waals surface area (Å²) in [5, 5.41) is 6.39. The number of nitrogens with one attached hydrogen (secondary N) is 2. The summed E-state index contributed by atoms with van der Waals surface area (Å²) in [5.74, 6) is 0.00356. The Balaban J connectivity index is 1.84. The van der Waals surface area contributed by atoms with Crippen molar-refractivity contribution in [3.8, 4) is 0 Å². The predicted octanol–water partition coefficient (Wildman–Crippen LogP) is 5.20. The van der Waals surface area contributed by atoms with Gasteiger partial charge in [0.2, 0.25) is 0 Å². The molecule has 2 aliphatic rings. The molecule has 0 saturated carbocycles. The molecule has 0 radical (unpaired) electrons. The molecule has 1 aliphatic carbocycles. The number of benzene rings is 1. The molecule has 32 heavy (non-hydrogen) atoms. The highest BCUT2D eigenvalue weighted by molar-refractivity contribution is 6.09. The van der Waals surface area contributed by atoms with Gasteiger partial charge in [-0.3, -0.25) is 9.59 Å². The van der Waals surface area contributed by atoms with Crippen molar-refractivity contribution in [1.29, 1.82) is 0 Å². The normalized spacial score (nSPS) is 20.0. The van der Waals surface area contributed by atoms with E-state index in [1.54, 1.807) is 6.20 Å². The number of nitrogens with zero attached hydrogens (tertiary/aromatic N) is 1. The van der Waals surface area contributed by atoms with Crippen molar-refractivity contribution in [3.05, 3.63) is 81.8 Å². The number of anilines is 1. The minimum absolute atomic E-state index is 0.108. The van der Waals surface area contributed by atoms with Crippen LogP contribution in [0.25, 0.3) is 0 Å². The van der Waals surface area contributed by atoms with Gasteiger partial charge in [0, 0.05) is 41.1 Å². The molecule has 2 aromatic rings. The molecule has 0 spiro atoms. The van der Waals surface area contributed by atoms with Gasteiger partial charge in [-0.25, -0.2) is 4.98 Å². The highest BCUT2D eigenvalue weighted by atomic mass is 16.2. The van der Waals surface area contributed by atoms with Crippen LogP contribution in [0.1, 0.15) is 63.1 Å². The fourth-order valence-electron chi connectivity index (χ4n) is 4.97.